The number of carbonyl (C=O) groups is 1. The number of pyridine rings is 1. The van der Waals surface area contributed by atoms with Gasteiger partial charge in [-0.3, -0.25) is 4.79 Å². The van der Waals surface area contributed by atoms with Crippen LogP contribution in [0.15, 0.2) is 12.1 Å². The number of carbonyl (C=O) groups excluding carboxylic acids is 1. The first-order valence-electron chi connectivity index (χ1n) is 3.92. The Balaban J connectivity index is 2.89. The van der Waals surface area contributed by atoms with E-state index in [4.69, 9.17) is 4.74 Å². The number of aromatic nitrogens is 1. The van der Waals surface area contributed by atoms with Gasteiger partial charge in [-0.2, -0.15) is 9.37 Å². The zero-order chi connectivity index (χ0) is 9.84. The second-order valence-corrected chi connectivity index (χ2v) is 2.81. The standard InChI is InChI=1S/C9H10FNO2/c1-6(2)13-8-4-3-7(5-12)9(10)11-8/h3-6H,1-2H3. The Labute approximate surface area is 75.6 Å². The molecule has 0 aliphatic carbocycles. The van der Waals surface area contributed by atoms with Crippen molar-refractivity contribution in [1.29, 1.82) is 0 Å². The summed E-state index contributed by atoms with van der Waals surface area (Å²) >= 11 is 0. The van der Waals surface area contributed by atoms with Crippen LogP contribution in [0.25, 0.3) is 0 Å². The average Bonchev–Trinajstić information content (AvgIpc) is 2.03. The van der Waals surface area contributed by atoms with Gasteiger partial charge in [0.1, 0.15) is 0 Å². The Morgan fingerprint density at radius 2 is 2.23 bits per heavy atom. The number of aldehydes is 1. The van der Waals surface area contributed by atoms with Crippen molar-refractivity contribution in [2.75, 3.05) is 0 Å². The minimum atomic E-state index is -0.798. The molecule has 0 unspecified atom stereocenters. The molecule has 0 aromatic carbocycles. The van der Waals surface area contributed by atoms with Gasteiger partial charge in [-0.05, 0) is 19.9 Å². The molecule has 0 atom stereocenters. The number of rotatable bonds is 3. The van der Waals surface area contributed by atoms with Gasteiger partial charge in [0.05, 0.1) is 11.7 Å². The van der Waals surface area contributed by atoms with Crippen molar-refractivity contribution in [3.05, 3.63) is 23.6 Å². The van der Waals surface area contributed by atoms with E-state index in [9.17, 15) is 9.18 Å². The van der Waals surface area contributed by atoms with Crippen molar-refractivity contribution in [3.63, 3.8) is 0 Å². The fraction of sp³-hybridized carbons (Fsp3) is 0.333. The normalized spacial score (nSPS) is 10.2. The highest BCUT2D eigenvalue weighted by molar-refractivity contribution is 5.74. The lowest BCUT2D eigenvalue weighted by Gasteiger charge is -2.07. The van der Waals surface area contributed by atoms with Crippen LogP contribution in [0.1, 0.15) is 24.2 Å². The van der Waals surface area contributed by atoms with E-state index in [1.807, 2.05) is 13.8 Å². The minimum absolute atomic E-state index is 0.0592. The first-order valence-corrected chi connectivity index (χ1v) is 3.92. The van der Waals surface area contributed by atoms with Crippen molar-refractivity contribution in [2.45, 2.75) is 20.0 Å². The third kappa shape index (κ3) is 2.50. The van der Waals surface area contributed by atoms with Gasteiger partial charge >= 0.3 is 0 Å². The van der Waals surface area contributed by atoms with Crippen LogP contribution < -0.4 is 4.74 Å². The summed E-state index contributed by atoms with van der Waals surface area (Å²) in [5.74, 6) is -0.605. The molecule has 0 saturated heterocycles. The van der Waals surface area contributed by atoms with Gasteiger partial charge < -0.3 is 4.74 Å². The first kappa shape index (κ1) is 9.64. The predicted molar refractivity (Wildman–Crippen MR) is 45.3 cm³/mol. The lowest BCUT2D eigenvalue weighted by molar-refractivity contribution is 0.111. The number of halogens is 1. The van der Waals surface area contributed by atoms with Gasteiger partial charge in [0, 0.05) is 6.07 Å². The van der Waals surface area contributed by atoms with E-state index in [2.05, 4.69) is 4.98 Å². The molecule has 1 aromatic rings. The molecule has 0 bridgehead atoms. The Bertz CT molecular complexity index is 312. The predicted octanol–water partition coefficient (Wildman–Crippen LogP) is 1.82. The van der Waals surface area contributed by atoms with Crippen LogP contribution in [0, 0.1) is 5.95 Å². The maximum atomic E-state index is 12.9. The summed E-state index contributed by atoms with van der Waals surface area (Å²) in [6.07, 6.45) is 0.357. The molecule has 1 rings (SSSR count). The minimum Gasteiger partial charge on any atom is -0.475 e. The molecule has 0 N–H and O–H groups in total. The fourth-order valence-corrected chi connectivity index (χ4v) is 0.823. The molecule has 0 amide bonds. The number of nitrogens with zero attached hydrogens (tertiary/aromatic N) is 1. The Hall–Kier alpha value is -1.45. The zero-order valence-corrected chi connectivity index (χ0v) is 7.45. The van der Waals surface area contributed by atoms with E-state index in [-0.39, 0.29) is 17.5 Å². The molecule has 1 heterocycles. The summed E-state index contributed by atoms with van der Waals surface area (Å²) in [6, 6.07) is 2.81. The maximum absolute atomic E-state index is 12.9. The highest BCUT2D eigenvalue weighted by atomic mass is 19.1. The second kappa shape index (κ2) is 3.98. The van der Waals surface area contributed by atoms with Gasteiger partial charge in [0.25, 0.3) is 0 Å². The summed E-state index contributed by atoms with van der Waals surface area (Å²) in [6.45, 7) is 3.63. The second-order valence-electron chi connectivity index (χ2n) is 2.81. The Morgan fingerprint density at radius 1 is 1.54 bits per heavy atom. The molecule has 13 heavy (non-hydrogen) atoms. The topological polar surface area (TPSA) is 39.2 Å². The first-order chi connectivity index (χ1) is 6.13. The molecule has 1 aromatic heterocycles. The van der Waals surface area contributed by atoms with Gasteiger partial charge in [0.15, 0.2) is 6.29 Å². The summed E-state index contributed by atoms with van der Waals surface area (Å²) in [5, 5.41) is 0. The van der Waals surface area contributed by atoms with Crippen LogP contribution in [-0.4, -0.2) is 17.4 Å². The summed E-state index contributed by atoms with van der Waals surface area (Å²) in [7, 11) is 0. The molecule has 0 radical (unpaired) electrons. The molecular weight excluding hydrogens is 173 g/mol. The van der Waals surface area contributed by atoms with E-state index in [1.54, 1.807) is 0 Å². The molecule has 3 nitrogen and oxygen atoms in total. The summed E-state index contributed by atoms with van der Waals surface area (Å²) in [5.41, 5.74) is -0.0592. The van der Waals surface area contributed by atoms with Crippen LogP contribution in [0.5, 0.6) is 5.88 Å². The number of ether oxygens (including phenoxy) is 1. The van der Waals surface area contributed by atoms with Crippen LogP contribution in [0.3, 0.4) is 0 Å². The van der Waals surface area contributed by atoms with E-state index in [1.165, 1.54) is 12.1 Å². The van der Waals surface area contributed by atoms with Crippen LogP contribution in [-0.2, 0) is 0 Å². The Kier molecular flexibility index (Phi) is 2.95. The van der Waals surface area contributed by atoms with Gasteiger partial charge in [-0.15, -0.1) is 0 Å². The lowest BCUT2D eigenvalue weighted by Crippen LogP contribution is -2.08. The van der Waals surface area contributed by atoms with E-state index in [0.29, 0.717) is 6.29 Å². The quantitative estimate of drug-likeness (QED) is 0.530. The van der Waals surface area contributed by atoms with E-state index in [0.717, 1.165) is 0 Å². The van der Waals surface area contributed by atoms with Crippen LogP contribution >= 0.6 is 0 Å². The molecule has 70 valence electrons. The van der Waals surface area contributed by atoms with Gasteiger partial charge in [-0.1, -0.05) is 0 Å². The molecule has 0 saturated carbocycles. The van der Waals surface area contributed by atoms with Crippen molar-refractivity contribution < 1.29 is 13.9 Å². The lowest BCUT2D eigenvalue weighted by atomic mass is 10.3. The summed E-state index contributed by atoms with van der Waals surface area (Å²) < 4.78 is 18.0. The monoisotopic (exact) mass is 183 g/mol. The van der Waals surface area contributed by atoms with Gasteiger partial charge in [-0.25, -0.2) is 0 Å². The molecule has 0 aliphatic rings. The fourth-order valence-electron chi connectivity index (χ4n) is 0.823. The van der Waals surface area contributed by atoms with Crippen LogP contribution in [0.4, 0.5) is 4.39 Å². The smallest absolute Gasteiger partial charge is 0.226 e. The third-order valence-electron chi connectivity index (χ3n) is 1.34. The van der Waals surface area contributed by atoms with Crippen LogP contribution in [0.2, 0.25) is 0 Å². The highest BCUT2D eigenvalue weighted by Gasteiger charge is 2.05. The summed E-state index contributed by atoms with van der Waals surface area (Å²) in [4.78, 5) is 13.7. The van der Waals surface area contributed by atoms with Crippen molar-refractivity contribution in [3.8, 4) is 5.88 Å². The largest absolute Gasteiger partial charge is 0.475 e. The van der Waals surface area contributed by atoms with E-state index >= 15 is 0 Å². The number of hydrogen-bond acceptors (Lipinski definition) is 3. The van der Waals surface area contributed by atoms with E-state index < -0.39 is 5.95 Å². The third-order valence-corrected chi connectivity index (χ3v) is 1.34. The zero-order valence-electron chi connectivity index (χ0n) is 7.45. The molecule has 0 fully saturated rings. The van der Waals surface area contributed by atoms with Crippen molar-refractivity contribution in [2.24, 2.45) is 0 Å². The maximum Gasteiger partial charge on any atom is 0.226 e. The Morgan fingerprint density at radius 3 is 2.69 bits per heavy atom. The van der Waals surface area contributed by atoms with Crippen molar-refractivity contribution in [1.82, 2.24) is 4.98 Å². The average molecular weight is 183 g/mol. The SMILES string of the molecule is CC(C)Oc1ccc(C=O)c(F)n1. The highest BCUT2D eigenvalue weighted by Crippen LogP contribution is 2.11. The number of hydrogen-bond donors (Lipinski definition) is 0. The molecule has 0 spiro atoms. The van der Waals surface area contributed by atoms with Crippen molar-refractivity contribution >= 4 is 6.29 Å². The molecule has 4 heteroatoms. The molecule has 0 aliphatic heterocycles. The molecular formula is C9H10FNO2. The van der Waals surface area contributed by atoms with Gasteiger partial charge in [0.2, 0.25) is 11.8 Å².